The number of nitrogens with one attached hydrogen (secondary N) is 1. The summed E-state index contributed by atoms with van der Waals surface area (Å²) in [4.78, 5) is 5.87. The van der Waals surface area contributed by atoms with E-state index in [9.17, 15) is 0 Å². The SMILES string of the molecule is Cc1cc(C)c(SN2CCc3c(cnc4[nH]ncc34)C2)c(C)c1. The number of aromatic amines is 1. The lowest BCUT2D eigenvalue weighted by Crippen LogP contribution is -2.25. The smallest absolute Gasteiger partial charge is 0.155 e. The Labute approximate surface area is 140 Å². The van der Waals surface area contributed by atoms with Gasteiger partial charge in [-0.1, -0.05) is 17.7 Å². The van der Waals surface area contributed by atoms with Gasteiger partial charge < -0.3 is 0 Å². The van der Waals surface area contributed by atoms with E-state index in [4.69, 9.17) is 0 Å². The number of benzene rings is 1. The largest absolute Gasteiger partial charge is 0.261 e. The van der Waals surface area contributed by atoms with Crippen LogP contribution in [0, 0.1) is 20.8 Å². The zero-order chi connectivity index (χ0) is 16.0. The first-order chi connectivity index (χ1) is 11.1. The van der Waals surface area contributed by atoms with Gasteiger partial charge in [0.2, 0.25) is 0 Å². The van der Waals surface area contributed by atoms with E-state index in [1.807, 2.05) is 24.3 Å². The molecule has 3 heterocycles. The highest BCUT2D eigenvalue weighted by Gasteiger charge is 2.21. The van der Waals surface area contributed by atoms with Crippen molar-refractivity contribution in [3.8, 4) is 0 Å². The van der Waals surface area contributed by atoms with Crippen molar-refractivity contribution in [3.63, 3.8) is 0 Å². The summed E-state index contributed by atoms with van der Waals surface area (Å²) < 4.78 is 2.45. The van der Waals surface area contributed by atoms with Gasteiger partial charge in [-0.2, -0.15) is 5.10 Å². The number of nitrogens with zero attached hydrogens (tertiary/aromatic N) is 3. The van der Waals surface area contributed by atoms with Crippen LogP contribution in [0.25, 0.3) is 11.0 Å². The topological polar surface area (TPSA) is 44.8 Å². The predicted molar refractivity (Wildman–Crippen MR) is 94.5 cm³/mol. The predicted octanol–water partition coefficient (Wildman–Crippen LogP) is 3.95. The quantitative estimate of drug-likeness (QED) is 0.725. The van der Waals surface area contributed by atoms with E-state index in [-0.39, 0.29) is 0 Å². The highest BCUT2D eigenvalue weighted by molar-refractivity contribution is 7.97. The second-order valence-corrected chi connectivity index (χ2v) is 7.43. The lowest BCUT2D eigenvalue weighted by Gasteiger charge is -2.28. The maximum absolute atomic E-state index is 4.49. The Bertz CT molecular complexity index is 861. The molecule has 1 aliphatic rings. The van der Waals surface area contributed by atoms with E-state index in [0.717, 1.165) is 25.2 Å². The number of H-pyrrole nitrogens is 1. The van der Waals surface area contributed by atoms with Gasteiger partial charge in [-0.05, 0) is 61.4 Å². The lowest BCUT2D eigenvalue weighted by molar-refractivity contribution is 0.444. The van der Waals surface area contributed by atoms with Crippen LogP contribution in [0.1, 0.15) is 27.8 Å². The minimum atomic E-state index is 0.898. The summed E-state index contributed by atoms with van der Waals surface area (Å²) >= 11 is 1.88. The van der Waals surface area contributed by atoms with E-state index in [1.54, 1.807) is 0 Å². The Morgan fingerprint density at radius 1 is 1.13 bits per heavy atom. The number of hydrogen-bond acceptors (Lipinski definition) is 4. The summed E-state index contributed by atoms with van der Waals surface area (Å²) in [6, 6.07) is 4.54. The Morgan fingerprint density at radius 3 is 2.70 bits per heavy atom. The molecule has 0 spiro atoms. The fraction of sp³-hybridized carbons (Fsp3) is 0.333. The summed E-state index contributed by atoms with van der Waals surface area (Å²) in [5.41, 5.74) is 7.68. The van der Waals surface area contributed by atoms with E-state index in [1.165, 1.54) is 38.1 Å². The Balaban J connectivity index is 1.61. The van der Waals surface area contributed by atoms with Crippen LogP contribution in [-0.4, -0.2) is 26.0 Å². The summed E-state index contributed by atoms with van der Waals surface area (Å²) in [7, 11) is 0. The second kappa shape index (κ2) is 5.65. The van der Waals surface area contributed by atoms with Crippen molar-refractivity contribution in [3.05, 3.63) is 52.3 Å². The molecule has 3 aromatic rings. The van der Waals surface area contributed by atoms with Crippen molar-refractivity contribution in [2.45, 2.75) is 38.6 Å². The average molecular weight is 324 g/mol. The van der Waals surface area contributed by atoms with E-state index in [2.05, 4.69) is 52.4 Å². The number of pyridine rings is 1. The highest BCUT2D eigenvalue weighted by Crippen LogP contribution is 2.35. The number of aromatic nitrogens is 3. The summed E-state index contributed by atoms with van der Waals surface area (Å²) in [5.74, 6) is 0. The normalized spacial score (nSPS) is 15.1. The summed E-state index contributed by atoms with van der Waals surface area (Å²) in [6.07, 6.45) is 4.94. The molecule has 4 nitrogen and oxygen atoms in total. The number of aryl methyl sites for hydroxylation is 3. The van der Waals surface area contributed by atoms with Gasteiger partial charge >= 0.3 is 0 Å². The van der Waals surface area contributed by atoms with Crippen LogP contribution in [-0.2, 0) is 13.0 Å². The third-order valence-electron chi connectivity index (χ3n) is 4.46. The molecule has 0 saturated carbocycles. The molecule has 0 bridgehead atoms. The number of fused-ring (bicyclic) bond motifs is 3. The minimum Gasteiger partial charge on any atom is -0.261 e. The van der Waals surface area contributed by atoms with Gasteiger partial charge in [0.1, 0.15) is 0 Å². The fourth-order valence-electron chi connectivity index (χ4n) is 3.45. The van der Waals surface area contributed by atoms with Crippen LogP contribution in [0.2, 0.25) is 0 Å². The molecule has 1 aliphatic heterocycles. The zero-order valence-electron chi connectivity index (χ0n) is 13.7. The maximum Gasteiger partial charge on any atom is 0.155 e. The van der Waals surface area contributed by atoms with Gasteiger partial charge in [0, 0.05) is 29.6 Å². The standard InChI is InChI=1S/C18H20N4S/c1-11-6-12(2)17(13(3)7-11)23-22-5-4-15-14(10-22)8-19-18-16(15)9-20-21-18/h6-9H,4-5,10H2,1-3H3,(H,19,20,21). The van der Waals surface area contributed by atoms with Gasteiger partial charge in [0.05, 0.1) is 6.20 Å². The van der Waals surface area contributed by atoms with E-state index in [0.29, 0.717) is 0 Å². The Kier molecular flexibility index (Phi) is 3.62. The molecule has 0 saturated heterocycles. The molecule has 0 fully saturated rings. The monoisotopic (exact) mass is 324 g/mol. The third-order valence-corrected chi connectivity index (χ3v) is 5.86. The van der Waals surface area contributed by atoms with Gasteiger partial charge in [-0.15, -0.1) is 0 Å². The molecule has 0 amide bonds. The minimum absolute atomic E-state index is 0.898. The second-order valence-electron chi connectivity index (χ2n) is 6.33. The first kappa shape index (κ1) is 14.7. The summed E-state index contributed by atoms with van der Waals surface area (Å²) in [6.45, 7) is 8.55. The van der Waals surface area contributed by atoms with Crippen molar-refractivity contribution in [1.29, 1.82) is 0 Å². The summed E-state index contributed by atoms with van der Waals surface area (Å²) in [5, 5.41) is 8.26. The van der Waals surface area contributed by atoms with Gasteiger partial charge in [0.25, 0.3) is 0 Å². The van der Waals surface area contributed by atoms with Crippen molar-refractivity contribution in [2.75, 3.05) is 6.54 Å². The molecular formula is C18H20N4S. The zero-order valence-corrected chi connectivity index (χ0v) is 14.5. The first-order valence-electron chi connectivity index (χ1n) is 7.92. The van der Waals surface area contributed by atoms with E-state index < -0.39 is 0 Å². The molecule has 0 radical (unpaired) electrons. The van der Waals surface area contributed by atoms with Crippen LogP contribution in [0.3, 0.4) is 0 Å². The molecule has 0 unspecified atom stereocenters. The van der Waals surface area contributed by atoms with Crippen LogP contribution in [0.5, 0.6) is 0 Å². The van der Waals surface area contributed by atoms with Gasteiger partial charge in [-0.25, -0.2) is 9.29 Å². The molecular weight excluding hydrogens is 304 g/mol. The van der Waals surface area contributed by atoms with Gasteiger partial charge in [-0.3, -0.25) is 5.10 Å². The van der Waals surface area contributed by atoms with Crippen molar-refractivity contribution in [2.24, 2.45) is 0 Å². The molecule has 1 aromatic carbocycles. The first-order valence-corrected chi connectivity index (χ1v) is 8.70. The molecule has 0 aliphatic carbocycles. The van der Waals surface area contributed by atoms with Crippen molar-refractivity contribution < 1.29 is 0 Å². The molecule has 23 heavy (non-hydrogen) atoms. The Morgan fingerprint density at radius 2 is 1.91 bits per heavy atom. The highest BCUT2D eigenvalue weighted by atomic mass is 32.2. The number of hydrogen-bond donors (Lipinski definition) is 1. The molecule has 1 N–H and O–H groups in total. The lowest BCUT2D eigenvalue weighted by atomic mass is 10.0. The molecule has 118 valence electrons. The molecule has 4 rings (SSSR count). The maximum atomic E-state index is 4.49. The van der Waals surface area contributed by atoms with Crippen LogP contribution in [0.15, 0.2) is 29.4 Å². The van der Waals surface area contributed by atoms with Gasteiger partial charge in [0.15, 0.2) is 5.65 Å². The van der Waals surface area contributed by atoms with Crippen LogP contribution < -0.4 is 0 Å². The van der Waals surface area contributed by atoms with Crippen molar-refractivity contribution >= 4 is 23.0 Å². The number of rotatable bonds is 2. The van der Waals surface area contributed by atoms with E-state index >= 15 is 0 Å². The average Bonchev–Trinajstić information content (AvgIpc) is 2.99. The van der Waals surface area contributed by atoms with Crippen LogP contribution >= 0.6 is 11.9 Å². The third kappa shape index (κ3) is 2.64. The Hall–Kier alpha value is -1.85. The molecule has 2 aromatic heterocycles. The molecule has 5 heteroatoms. The van der Waals surface area contributed by atoms with Crippen LogP contribution in [0.4, 0.5) is 0 Å². The molecule has 0 atom stereocenters. The van der Waals surface area contributed by atoms with Crippen molar-refractivity contribution in [1.82, 2.24) is 19.5 Å². The fourth-order valence-corrected chi connectivity index (χ4v) is 4.50.